The fourth-order valence-electron chi connectivity index (χ4n) is 2.38. The Morgan fingerprint density at radius 2 is 1.18 bits per heavy atom. The maximum atomic E-state index is 13.9. The van der Waals surface area contributed by atoms with Crippen molar-refractivity contribution >= 4 is 20.9 Å². The highest BCUT2D eigenvalue weighted by Crippen LogP contribution is 2.71. The molecule has 0 amide bonds. The summed E-state index contributed by atoms with van der Waals surface area (Å²) in [4.78, 5) is 4.04. The van der Waals surface area contributed by atoms with E-state index in [2.05, 4.69) is 10.3 Å². The van der Waals surface area contributed by atoms with Crippen LogP contribution in [0.2, 0.25) is 0 Å². The Morgan fingerprint density at radius 1 is 0.786 bits per heavy atom. The van der Waals surface area contributed by atoms with Crippen LogP contribution >= 0.6 is 15.2 Å². The van der Waals surface area contributed by atoms with E-state index in [9.17, 15) is 9.13 Å². The first-order valence-corrected chi connectivity index (χ1v) is 12.7. The van der Waals surface area contributed by atoms with Gasteiger partial charge >= 0.3 is 15.2 Å². The molecule has 0 fully saturated rings. The molecule has 0 aliphatic carbocycles. The third-order valence-corrected chi connectivity index (χ3v) is 9.00. The second-order valence-corrected chi connectivity index (χ2v) is 11.9. The van der Waals surface area contributed by atoms with Crippen LogP contribution in [0.3, 0.4) is 0 Å². The Morgan fingerprint density at radius 3 is 1.46 bits per heavy atom. The summed E-state index contributed by atoms with van der Waals surface area (Å²) in [6.45, 7) is 13.8. The molecule has 28 heavy (non-hydrogen) atoms. The van der Waals surface area contributed by atoms with E-state index in [1.165, 1.54) is 6.20 Å². The van der Waals surface area contributed by atoms with E-state index in [4.69, 9.17) is 18.1 Å². The lowest BCUT2D eigenvalue weighted by atomic mass is 10.4. The molecule has 1 rings (SSSR count). The number of pyridine rings is 1. The smallest absolute Gasteiger partial charge is 0.360 e. The lowest BCUT2D eigenvalue weighted by molar-refractivity contribution is 0.124. The van der Waals surface area contributed by atoms with Crippen LogP contribution in [0, 0.1) is 0 Å². The molecule has 0 aromatic carbocycles. The predicted molar refractivity (Wildman–Crippen MR) is 112 cm³/mol. The summed E-state index contributed by atoms with van der Waals surface area (Å²) in [7, 11) is -7.99. The predicted octanol–water partition coefficient (Wildman–Crippen LogP) is 5.86. The van der Waals surface area contributed by atoms with Gasteiger partial charge in [-0.1, -0.05) is 0 Å². The van der Waals surface area contributed by atoms with E-state index in [1.807, 2.05) is 0 Å². The molecule has 0 atom stereocenters. The van der Waals surface area contributed by atoms with Crippen LogP contribution in [-0.2, 0) is 27.2 Å². The molecule has 0 spiro atoms. The van der Waals surface area contributed by atoms with Gasteiger partial charge in [-0.15, -0.1) is 0 Å². The molecule has 1 aromatic heterocycles. The second-order valence-electron chi connectivity index (χ2n) is 7.46. The molecule has 8 nitrogen and oxygen atoms in total. The average Bonchev–Trinajstić information content (AvgIpc) is 2.50. The Labute approximate surface area is 168 Å². The lowest BCUT2D eigenvalue weighted by Crippen LogP contribution is -2.29. The van der Waals surface area contributed by atoms with Crippen LogP contribution in [0.5, 0.6) is 0 Å². The summed E-state index contributed by atoms with van der Waals surface area (Å²) in [5.74, 6) is 0. The molecule has 1 N–H and O–H groups in total. The minimum atomic E-state index is -3.99. The second kappa shape index (κ2) is 10.9. The largest absolute Gasteiger partial charge is 0.365 e. The third kappa shape index (κ3) is 7.94. The molecule has 1 heterocycles. The van der Waals surface area contributed by atoms with Gasteiger partial charge in [0.1, 0.15) is 0 Å². The number of anilines is 1. The van der Waals surface area contributed by atoms with Gasteiger partial charge in [0.2, 0.25) is 5.52 Å². The monoisotopic (exact) mass is 436 g/mol. The molecule has 0 aliphatic heterocycles. The number of aromatic nitrogens is 1. The molecule has 0 bridgehead atoms. The molecular weight excluding hydrogens is 402 g/mol. The van der Waals surface area contributed by atoms with Gasteiger partial charge in [-0.3, -0.25) is 14.1 Å². The Hall–Kier alpha value is -0.750. The van der Waals surface area contributed by atoms with Gasteiger partial charge < -0.3 is 23.4 Å². The highest BCUT2D eigenvalue weighted by Gasteiger charge is 2.53. The van der Waals surface area contributed by atoms with Gasteiger partial charge in [-0.05, 0) is 67.5 Å². The summed E-state index contributed by atoms with van der Waals surface area (Å²) >= 11 is 0. The van der Waals surface area contributed by atoms with E-state index < -0.39 is 45.1 Å². The maximum absolute atomic E-state index is 13.9. The molecular formula is C18H34N2O6P2. The SMILES string of the molecule is CC(C)OP(=O)(OC(C)C)C(Nc1cccnc1)P(=O)(OC(C)C)OC(C)C. The lowest BCUT2D eigenvalue weighted by Gasteiger charge is -2.35. The molecule has 0 radical (unpaired) electrons. The van der Waals surface area contributed by atoms with Gasteiger partial charge in [0.25, 0.3) is 0 Å². The zero-order valence-corrected chi connectivity index (χ0v) is 19.8. The fourth-order valence-corrected chi connectivity index (χ4v) is 7.95. The number of rotatable bonds is 12. The van der Waals surface area contributed by atoms with Crippen molar-refractivity contribution < 1.29 is 27.2 Å². The zero-order valence-electron chi connectivity index (χ0n) is 18.0. The summed E-state index contributed by atoms with van der Waals surface area (Å²) in [5.41, 5.74) is -0.869. The normalized spacial score (nSPS) is 13.3. The van der Waals surface area contributed by atoms with Crippen molar-refractivity contribution in [2.24, 2.45) is 0 Å². The summed E-state index contributed by atoms with van der Waals surface area (Å²) in [6, 6.07) is 3.42. The standard InChI is InChI=1S/C18H34N2O6P2/c1-13(2)23-27(21,24-14(3)4)18(20-17-10-9-11-19-12-17)28(22,25-15(5)6)26-16(7)8/h9-16,18,20H,1-8H3. The van der Waals surface area contributed by atoms with Gasteiger partial charge in [0.15, 0.2) is 0 Å². The molecule has 0 aliphatic rings. The maximum Gasteiger partial charge on any atom is 0.365 e. The van der Waals surface area contributed by atoms with Crippen molar-refractivity contribution in [1.29, 1.82) is 0 Å². The van der Waals surface area contributed by atoms with Crippen LogP contribution in [0.4, 0.5) is 5.69 Å². The van der Waals surface area contributed by atoms with Gasteiger partial charge in [-0.25, -0.2) is 0 Å². The van der Waals surface area contributed by atoms with E-state index in [1.54, 1.807) is 73.7 Å². The summed E-state index contributed by atoms with van der Waals surface area (Å²) in [5, 5.41) is 2.99. The fraction of sp³-hybridized carbons (Fsp3) is 0.722. The van der Waals surface area contributed by atoms with Crippen molar-refractivity contribution in [2.75, 3.05) is 5.32 Å². The first kappa shape index (κ1) is 25.3. The van der Waals surface area contributed by atoms with Crippen molar-refractivity contribution in [2.45, 2.75) is 85.3 Å². The molecule has 0 unspecified atom stereocenters. The van der Waals surface area contributed by atoms with E-state index in [-0.39, 0.29) is 0 Å². The number of nitrogens with one attached hydrogen (secondary N) is 1. The summed E-state index contributed by atoms with van der Waals surface area (Å²) in [6.07, 6.45) is 1.38. The van der Waals surface area contributed by atoms with Crippen LogP contribution in [-0.4, -0.2) is 34.9 Å². The third-order valence-electron chi connectivity index (χ3n) is 2.99. The van der Waals surface area contributed by atoms with E-state index in [0.29, 0.717) is 5.69 Å². The van der Waals surface area contributed by atoms with Crippen molar-refractivity contribution in [3.63, 3.8) is 0 Å². The van der Waals surface area contributed by atoms with E-state index in [0.717, 1.165) is 0 Å². The van der Waals surface area contributed by atoms with Crippen LogP contribution in [0.1, 0.15) is 55.4 Å². The quantitative estimate of drug-likeness (QED) is 0.407. The molecule has 162 valence electrons. The van der Waals surface area contributed by atoms with Crippen LogP contribution in [0.15, 0.2) is 24.5 Å². The minimum Gasteiger partial charge on any atom is -0.360 e. The Balaban J connectivity index is 3.53. The van der Waals surface area contributed by atoms with Crippen molar-refractivity contribution in [3.05, 3.63) is 24.5 Å². The number of hydrogen-bond donors (Lipinski definition) is 1. The van der Waals surface area contributed by atoms with Gasteiger partial charge in [-0.2, -0.15) is 0 Å². The highest BCUT2D eigenvalue weighted by atomic mass is 31.2. The Bertz CT molecular complexity index is 616. The van der Waals surface area contributed by atoms with Crippen LogP contribution < -0.4 is 5.32 Å². The van der Waals surface area contributed by atoms with Gasteiger partial charge in [0, 0.05) is 12.4 Å². The number of nitrogens with zero attached hydrogens (tertiary/aromatic N) is 1. The minimum absolute atomic E-state index is 0.436. The van der Waals surface area contributed by atoms with Crippen molar-refractivity contribution in [3.8, 4) is 0 Å². The topological polar surface area (TPSA) is 96.0 Å². The first-order chi connectivity index (χ1) is 12.9. The average molecular weight is 436 g/mol. The number of hydrogen-bond acceptors (Lipinski definition) is 8. The zero-order chi connectivity index (χ0) is 21.5. The van der Waals surface area contributed by atoms with E-state index >= 15 is 0 Å². The molecule has 0 saturated carbocycles. The Kier molecular flexibility index (Phi) is 9.81. The van der Waals surface area contributed by atoms with Gasteiger partial charge in [0.05, 0.1) is 30.1 Å². The van der Waals surface area contributed by atoms with Crippen LogP contribution in [0.25, 0.3) is 0 Å². The first-order valence-electron chi connectivity index (χ1n) is 9.47. The molecule has 0 saturated heterocycles. The van der Waals surface area contributed by atoms with Crippen molar-refractivity contribution in [1.82, 2.24) is 4.98 Å². The highest BCUT2D eigenvalue weighted by molar-refractivity contribution is 7.73. The summed E-state index contributed by atoms with van der Waals surface area (Å²) < 4.78 is 50.6. The molecule has 1 aromatic rings. The molecule has 10 heteroatoms.